The second-order valence-electron chi connectivity index (χ2n) is 9.07. The smallest absolute Gasteiger partial charge is 0.111 e. The summed E-state index contributed by atoms with van der Waals surface area (Å²) in [6, 6.07) is 0. The summed E-state index contributed by atoms with van der Waals surface area (Å²) in [4.78, 5) is 4.86. The monoisotopic (exact) mass is 390 g/mol. The van der Waals surface area contributed by atoms with Crippen molar-refractivity contribution in [1.29, 1.82) is 0 Å². The van der Waals surface area contributed by atoms with E-state index in [2.05, 4.69) is 38.5 Å². The van der Waals surface area contributed by atoms with Gasteiger partial charge in [0, 0.05) is 18.7 Å². The first-order valence-electron chi connectivity index (χ1n) is 12.7. The third-order valence-corrected chi connectivity index (χ3v) is 6.11. The minimum Gasteiger partial charge on any atom is -0.334 e. The SMILES string of the molecule is CCCCCCCCCCCCCn1cc(C)nc1C(C)CCCCCCC. The number of hydrogen-bond acceptors (Lipinski definition) is 1. The average molecular weight is 391 g/mol. The standard InChI is InChI=1S/C26H50N2/c1-5-7-9-11-12-13-14-15-16-18-20-22-28-23-25(4)27-26(28)24(3)21-19-17-10-8-6-2/h23-24H,5-22H2,1-4H3. The van der Waals surface area contributed by atoms with E-state index in [1.807, 2.05) is 0 Å². The van der Waals surface area contributed by atoms with Gasteiger partial charge in [-0.3, -0.25) is 0 Å². The van der Waals surface area contributed by atoms with Crippen LogP contribution in [0, 0.1) is 6.92 Å². The van der Waals surface area contributed by atoms with Crippen LogP contribution in [0.25, 0.3) is 0 Å². The lowest BCUT2D eigenvalue weighted by molar-refractivity contribution is 0.500. The molecule has 1 unspecified atom stereocenters. The molecule has 0 amide bonds. The van der Waals surface area contributed by atoms with Crippen molar-refractivity contribution in [3.05, 3.63) is 17.7 Å². The van der Waals surface area contributed by atoms with Crippen LogP contribution in [-0.4, -0.2) is 9.55 Å². The summed E-state index contributed by atoms with van der Waals surface area (Å²) >= 11 is 0. The van der Waals surface area contributed by atoms with Crippen molar-refractivity contribution in [2.45, 2.75) is 149 Å². The van der Waals surface area contributed by atoms with E-state index in [-0.39, 0.29) is 0 Å². The Kier molecular flexibility index (Phi) is 15.4. The summed E-state index contributed by atoms with van der Waals surface area (Å²) in [6.07, 6.45) is 26.0. The normalized spacial score (nSPS) is 12.6. The Labute approximate surface area is 176 Å². The maximum Gasteiger partial charge on any atom is 0.111 e. The molecule has 0 aliphatic carbocycles. The molecule has 0 N–H and O–H groups in total. The lowest BCUT2D eigenvalue weighted by Crippen LogP contribution is -2.07. The van der Waals surface area contributed by atoms with Crippen LogP contribution in [0.2, 0.25) is 0 Å². The zero-order valence-electron chi connectivity index (χ0n) is 19.8. The van der Waals surface area contributed by atoms with Crippen molar-refractivity contribution in [3.63, 3.8) is 0 Å². The summed E-state index contributed by atoms with van der Waals surface area (Å²) in [5.74, 6) is 1.93. The van der Waals surface area contributed by atoms with E-state index in [0.717, 1.165) is 6.54 Å². The highest BCUT2D eigenvalue weighted by atomic mass is 15.1. The molecule has 0 saturated heterocycles. The predicted octanol–water partition coefficient (Wildman–Crippen LogP) is 8.97. The van der Waals surface area contributed by atoms with Gasteiger partial charge in [-0.15, -0.1) is 0 Å². The highest BCUT2D eigenvalue weighted by Gasteiger charge is 2.13. The second kappa shape index (κ2) is 17.1. The summed E-state index contributed by atoms with van der Waals surface area (Å²) in [5, 5.41) is 0. The molecule has 0 aliphatic heterocycles. The molecule has 0 radical (unpaired) electrons. The zero-order valence-corrected chi connectivity index (χ0v) is 19.8. The van der Waals surface area contributed by atoms with Crippen LogP contribution in [0.1, 0.15) is 147 Å². The topological polar surface area (TPSA) is 17.8 Å². The predicted molar refractivity (Wildman–Crippen MR) is 125 cm³/mol. The third kappa shape index (κ3) is 11.9. The molecular weight excluding hydrogens is 340 g/mol. The largest absolute Gasteiger partial charge is 0.334 e. The van der Waals surface area contributed by atoms with Crippen molar-refractivity contribution in [2.75, 3.05) is 0 Å². The fraction of sp³-hybridized carbons (Fsp3) is 0.885. The van der Waals surface area contributed by atoms with Gasteiger partial charge in [0.25, 0.3) is 0 Å². The molecule has 0 fully saturated rings. The molecule has 28 heavy (non-hydrogen) atoms. The number of hydrogen-bond donors (Lipinski definition) is 0. The first-order valence-corrected chi connectivity index (χ1v) is 12.7. The number of rotatable bonds is 19. The number of aromatic nitrogens is 2. The second-order valence-corrected chi connectivity index (χ2v) is 9.07. The van der Waals surface area contributed by atoms with Crippen molar-refractivity contribution >= 4 is 0 Å². The van der Waals surface area contributed by atoms with Gasteiger partial charge in [-0.2, -0.15) is 0 Å². The Bertz CT molecular complexity index is 463. The molecule has 1 heterocycles. The summed E-state index contributed by atoms with van der Waals surface area (Å²) < 4.78 is 2.46. The molecule has 0 aliphatic rings. The molecule has 1 aromatic heterocycles. The van der Waals surface area contributed by atoms with Crippen molar-refractivity contribution in [2.24, 2.45) is 0 Å². The number of unbranched alkanes of at least 4 members (excludes halogenated alkanes) is 14. The molecule has 1 atom stereocenters. The highest BCUT2D eigenvalue weighted by Crippen LogP contribution is 2.23. The molecule has 1 rings (SSSR count). The van der Waals surface area contributed by atoms with Gasteiger partial charge < -0.3 is 4.57 Å². The molecule has 164 valence electrons. The van der Waals surface area contributed by atoms with Gasteiger partial charge in [0.2, 0.25) is 0 Å². The van der Waals surface area contributed by atoms with E-state index < -0.39 is 0 Å². The Balaban J connectivity index is 2.14. The molecule has 1 aromatic rings. The molecule has 0 saturated carbocycles. The van der Waals surface area contributed by atoms with Gasteiger partial charge in [-0.25, -0.2) is 4.98 Å². The van der Waals surface area contributed by atoms with E-state index in [1.165, 1.54) is 121 Å². The fourth-order valence-corrected chi connectivity index (χ4v) is 4.27. The van der Waals surface area contributed by atoms with E-state index in [0.29, 0.717) is 5.92 Å². The minimum atomic E-state index is 0.600. The van der Waals surface area contributed by atoms with Crippen molar-refractivity contribution in [3.8, 4) is 0 Å². The van der Waals surface area contributed by atoms with Gasteiger partial charge in [0.1, 0.15) is 5.82 Å². The molecule has 0 aromatic carbocycles. The van der Waals surface area contributed by atoms with Gasteiger partial charge in [0.15, 0.2) is 0 Å². The Morgan fingerprint density at radius 1 is 0.714 bits per heavy atom. The summed E-state index contributed by atoms with van der Waals surface area (Å²) in [6.45, 7) is 10.3. The highest BCUT2D eigenvalue weighted by molar-refractivity contribution is 5.06. The Morgan fingerprint density at radius 3 is 1.71 bits per heavy atom. The van der Waals surface area contributed by atoms with Crippen LogP contribution in [0.15, 0.2) is 6.20 Å². The molecule has 2 heteroatoms. The van der Waals surface area contributed by atoms with E-state index >= 15 is 0 Å². The van der Waals surface area contributed by atoms with Crippen molar-refractivity contribution < 1.29 is 0 Å². The van der Waals surface area contributed by atoms with Crippen LogP contribution in [0.5, 0.6) is 0 Å². The average Bonchev–Trinajstić information content (AvgIpc) is 3.06. The fourth-order valence-electron chi connectivity index (χ4n) is 4.27. The number of nitrogens with zero attached hydrogens (tertiary/aromatic N) is 2. The lowest BCUT2D eigenvalue weighted by Gasteiger charge is -2.14. The lowest BCUT2D eigenvalue weighted by atomic mass is 10.0. The Morgan fingerprint density at radius 2 is 1.18 bits per heavy atom. The van der Waals surface area contributed by atoms with Crippen LogP contribution < -0.4 is 0 Å². The maximum absolute atomic E-state index is 4.86. The third-order valence-electron chi connectivity index (χ3n) is 6.11. The van der Waals surface area contributed by atoms with Crippen LogP contribution in [0.3, 0.4) is 0 Å². The Hall–Kier alpha value is -0.790. The van der Waals surface area contributed by atoms with Crippen LogP contribution in [0.4, 0.5) is 0 Å². The van der Waals surface area contributed by atoms with Gasteiger partial charge in [-0.05, 0) is 19.8 Å². The molecule has 0 bridgehead atoms. The number of imidazole rings is 1. The van der Waals surface area contributed by atoms with Crippen LogP contribution >= 0.6 is 0 Å². The van der Waals surface area contributed by atoms with E-state index in [9.17, 15) is 0 Å². The van der Waals surface area contributed by atoms with Gasteiger partial charge >= 0.3 is 0 Å². The quantitative estimate of drug-likeness (QED) is 0.215. The van der Waals surface area contributed by atoms with Gasteiger partial charge in [0.05, 0.1) is 5.69 Å². The zero-order chi connectivity index (χ0) is 20.5. The maximum atomic E-state index is 4.86. The summed E-state index contributed by atoms with van der Waals surface area (Å²) in [5.41, 5.74) is 1.19. The van der Waals surface area contributed by atoms with Crippen molar-refractivity contribution in [1.82, 2.24) is 9.55 Å². The number of aryl methyl sites for hydroxylation is 2. The van der Waals surface area contributed by atoms with Crippen LogP contribution in [-0.2, 0) is 6.54 Å². The summed E-state index contributed by atoms with van der Waals surface area (Å²) in [7, 11) is 0. The molecule has 0 spiro atoms. The minimum absolute atomic E-state index is 0.600. The van der Waals surface area contributed by atoms with E-state index in [4.69, 9.17) is 4.98 Å². The van der Waals surface area contributed by atoms with Gasteiger partial charge in [-0.1, -0.05) is 117 Å². The van der Waals surface area contributed by atoms with E-state index in [1.54, 1.807) is 0 Å². The first kappa shape index (κ1) is 25.2. The first-order chi connectivity index (χ1) is 13.7. The molecular formula is C26H50N2. The molecule has 2 nitrogen and oxygen atoms in total.